The molecule has 1 amide bonds. The van der Waals surface area contributed by atoms with Crippen LogP contribution in [0.3, 0.4) is 0 Å². The Morgan fingerprint density at radius 3 is 2.56 bits per heavy atom. The fourth-order valence-corrected chi connectivity index (χ4v) is 3.85. The van der Waals surface area contributed by atoms with Crippen LogP contribution in [-0.4, -0.2) is 81.3 Å². The lowest BCUT2D eigenvalue weighted by molar-refractivity contribution is -0.0439. The molecule has 1 aromatic carbocycles. The van der Waals surface area contributed by atoms with E-state index in [2.05, 4.69) is 22.2 Å². The summed E-state index contributed by atoms with van der Waals surface area (Å²) in [5.41, 5.74) is 0.614. The average Bonchev–Trinajstić information content (AvgIpc) is 2.68. The maximum atomic E-state index is 12.7. The number of likely N-dealkylation sites (tertiary alicyclic amines) is 1. The van der Waals surface area contributed by atoms with Gasteiger partial charge in [-0.05, 0) is 45.1 Å². The highest BCUT2D eigenvalue weighted by Gasteiger charge is 2.40. The molecule has 6 nitrogen and oxygen atoms in total. The van der Waals surface area contributed by atoms with Crippen molar-refractivity contribution in [3.05, 3.63) is 29.8 Å². The lowest BCUT2D eigenvalue weighted by Crippen LogP contribution is -2.62. The number of ether oxygens (including phenoxy) is 2. The summed E-state index contributed by atoms with van der Waals surface area (Å²) in [6.07, 6.45) is 2.13. The molecule has 138 valence electrons. The van der Waals surface area contributed by atoms with E-state index in [1.54, 1.807) is 7.11 Å². The number of benzene rings is 1. The van der Waals surface area contributed by atoms with Crippen LogP contribution in [0.2, 0.25) is 0 Å². The third-order valence-corrected chi connectivity index (χ3v) is 5.53. The van der Waals surface area contributed by atoms with E-state index in [1.165, 1.54) is 0 Å². The number of carbonyl (C=O) groups is 1. The Kier molecular flexibility index (Phi) is 5.93. The fraction of sp³-hybridized carbons (Fsp3) is 0.632. The third kappa shape index (κ3) is 4.14. The summed E-state index contributed by atoms with van der Waals surface area (Å²) in [7, 11) is 3.76. The molecule has 1 N–H and O–H groups in total. The molecule has 0 atom stereocenters. The predicted octanol–water partition coefficient (Wildman–Crippen LogP) is 1.22. The van der Waals surface area contributed by atoms with Crippen LogP contribution < -0.4 is 10.1 Å². The van der Waals surface area contributed by atoms with E-state index in [1.807, 2.05) is 24.3 Å². The molecule has 2 aliphatic rings. The molecule has 6 heteroatoms. The van der Waals surface area contributed by atoms with Gasteiger partial charge in [-0.1, -0.05) is 12.1 Å². The third-order valence-electron chi connectivity index (χ3n) is 5.53. The maximum absolute atomic E-state index is 12.7. The summed E-state index contributed by atoms with van der Waals surface area (Å²) in [6.45, 7) is 6.21. The van der Waals surface area contributed by atoms with Crippen molar-refractivity contribution in [3.8, 4) is 5.75 Å². The number of piperidine rings is 1. The molecule has 0 unspecified atom stereocenters. The fourth-order valence-electron chi connectivity index (χ4n) is 3.85. The van der Waals surface area contributed by atoms with E-state index in [-0.39, 0.29) is 11.4 Å². The lowest BCUT2D eigenvalue weighted by atomic mass is 9.85. The number of methoxy groups -OCH3 is 1. The summed E-state index contributed by atoms with van der Waals surface area (Å²) in [6, 6.07) is 7.37. The molecule has 0 aliphatic carbocycles. The molecule has 1 aromatic rings. The molecular formula is C19H29N3O3. The number of hydrogen-bond donors (Lipinski definition) is 1. The smallest absolute Gasteiger partial charge is 0.255 e. The van der Waals surface area contributed by atoms with Crippen molar-refractivity contribution in [1.29, 1.82) is 0 Å². The maximum Gasteiger partial charge on any atom is 0.255 e. The Morgan fingerprint density at radius 1 is 1.20 bits per heavy atom. The minimum atomic E-state index is -0.0657. The molecule has 0 bridgehead atoms. The summed E-state index contributed by atoms with van der Waals surface area (Å²) >= 11 is 0. The summed E-state index contributed by atoms with van der Waals surface area (Å²) in [5, 5.41) is 3.18. The second kappa shape index (κ2) is 8.17. The van der Waals surface area contributed by atoms with Crippen LogP contribution in [0.4, 0.5) is 0 Å². The number of hydrogen-bond acceptors (Lipinski definition) is 5. The van der Waals surface area contributed by atoms with E-state index in [4.69, 9.17) is 9.47 Å². The average molecular weight is 347 g/mol. The first kappa shape index (κ1) is 18.2. The largest absolute Gasteiger partial charge is 0.496 e. The van der Waals surface area contributed by atoms with Crippen molar-refractivity contribution in [1.82, 2.24) is 15.1 Å². The van der Waals surface area contributed by atoms with Gasteiger partial charge in [0.1, 0.15) is 5.75 Å². The normalized spacial score (nSPS) is 21.7. The van der Waals surface area contributed by atoms with Crippen molar-refractivity contribution < 1.29 is 14.3 Å². The molecule has 25 heavy (non-hydrogen) atoms. The van der Waals surface area contributed by atoms with Gasteiger partial charge in [0.05, 0.1) is 25.9 Å². The molecular weight excluding hydrogens is 318 g/mol. The topological polar surface area (TPSA) is 54.0 Å². The molecule has 0 radical (unpaired) electrons. The van der Waals surface area contributed by atoms with Gasteiger partial charge in [-0.3, -0.25) is 9.69 Å². The molecule has 2 saturated heterocycles. The number of rotatable bonds is 5. The molecule has 2 heterocycles. The molecule has 3 rings (SSSR count). The Morgan fingerprint density at radius 2 is 1.88 bits per heavy atom. The van der Waals surface area contributed by atoms with Crippen LogP contribution in [0.1, 0.15) is 23.2 Å². The van der Waals surface area contributed by atoms with E-state index >= 15 is 0 Å². The van der Waals surface area contributed by atoms with E-state index in [0.717, 1.165) is 52.2 Å². The van der Waals surface area contributed by atoms with Crippen LogP contribution >= 0.6 is 0 Å². The SMILES string of the molecule is COc1ccccc1C(=O)NCC1(N2CCOCC2)CCN(C)CC1. The van der Waals surface area contributed by atoms with Gasteiger partial charge in [-0.15, -0.1) is 0 Å². The zero-order valence-corrected chi connectivity index (χ0v) is 15.3. The van der Waals surface area contributed by atoms with Gasteiger partial charge >= 0.3 is 0 Å². The first-order valence-corrected chi connectivity index (χ1v) is 9.07. The second-order valence-electron chi connectivity index (χ2n) is 7.01. The highest BCUT2D eigenvalue weighted by atomic mass is 16.5. The van der Waals surface area contributed by atoms with Crippen LogP contribution in [0.25, 0.3) is 0 Å². The van der Waals surface area contributed by atoms with Crippen molar-refractivity contribution in [3.63, 3.8) is 0 Å². The van der Waals surface area contributed by atoms with Gasteiger partial charge in [0.15, 0.2) is 0 Å². The van der Waals surface area contributed by atoms with E-state index < -0.39 is 0 Å². The minimum Gasteiger partial charge on any atom is -0.496 e. The van der Waals surface area contributed by atoms with Crippen molar-refractivity contribution in [2.75, 3.05) is 60.1 Å². The second-order valence-corrected chi connectivity index (χ2v) is 7.01. The van der Waals surface area contributed by atoms with Gasteiger partial charge in [0, 0.05) is 25.2 Å². The van der Waals surface area contributed by atoms with Crippen molar-refractivity contribution >= 4 is 5.91 Å². The number of nitrogens with zero attached hydrogens (tertiary/aromatic N) is 2. The van der Waals surface area contributed by atoms with E-state index in [0.29, 0.717) is 17.9 Å². The molecule has 0 spiro atoms. The monoisotopic (exact) mass is 347 g/mol. The van der Waals surface area contributed by atoms with Gasteiger partial charge in [0.2, 0.25) is 0 Å². The molecule has 0 saturated carbocycles. The van der Waals surface area contributed by atoms with Crippen molar-refractivity contribution in [2.24, 2.45) is 0 Å². The van der Waals surface area contributed by atoms with Crippen LogP contribution in [-0.2, 0) is 4.74 Å². The first-order chi connectivity index (χ1) is 12.1. The van der Waals surface area contributed by atoms with Gasteiger partial charge in [0.25, 0.3) is 5.91 Å². The lowest BCUT2D eigenvalue weighted by Gasteiger charge is -2.49. The van der Waals surface area contributed by atoms with Gasteiger partial charge in [-0.2, -0.15) is 0 Å². The van der Waals surface area contributed by atoms with Crippen LogP contribution in [0, 0.1) is 0 Å². The first-order valence-electron chi connectivity index (χ1n) is 9.07. The number of carbonyl (C=O) groups excluding carboxylic acids is 1. The number of nitrogens with one attached hydrogen (secondary N) is 1. The van der Waals surface area contributed by atoms with E-state index in [9.17, 15) is 4.79 Å². The Bertz CT molecular complexity index is 579. The zero-order chi connectivity index (χ0) is 17.7. The number of para-hydroxylation sites is 1. The summed E-state index contributed by atoms with van der Waals surface area (Å²) < 4.78 is 10.8. The number of morpholine rings is 1. The Balaban J connectivity index is 1.71. The summed E-state index contributed by atoms with van der Waals surface area (Å²) in [5.74, 6) is 0.549. The Hall–Kier alpha value is -1.63. The molecule has 2 fully saturated rings. The van der Waals surface area contributed by atoms with Crippen LogP contribution in [0.15, 0.2) is 24.3 Å². The minimum absolute atomic E-state index is 0.0218. The zero-order valence-electron chi connectivity index (χ0n) is 15.3. The number of amides is 1. The standard InChI is InChI=1S/C19H29N3O3/c1-21-9-7-19(8-10-21,22-11-13-25-14-12-22)15-20-18(23)16-5-3-4-6-17(16)24-2/h3-6H,7-15H2,1-2H3,(H,20,23). The highest BCUT2D eigenvalue weighted by molar-refractivity contribution is 5.96. The van der Waals surface area contributed by atoms with Crippen molar-refractivity contribution in [2.45, 2.75) is 18.4 Å². The van der Waals surface area contributed by atoms with Gasteiger partial charge < -0.3 is 19.7 Å². The highest BCUT2D eigenvalue weighted by Crippen LogP contribution is 2.29. The summed E-state index contributed by atoms with van der Waals surface area (Å²) in [4.78, 5) is 17.6. The van der Waals surface area contributed by atoms with Gasteiger partial charge in [-0.25, -0.2) is 0 Å². The quantitative estimate of drug-likeness (QED) is 0.868. The Labute approximate surface area is 150 Å². The van der Waals surface area contributed by atoms with Crippen LogP contribution in [0.5, 0.6) is 5.75 Å². The predicted molar refractivity (Wildman–Crippen MR) is 97.2 cm³/mol. The molecule has 0 aromatic heterocycles. The molecule has 2 aliphatic heterocycles.